The Hall–Kier alpha value is -2.47. The maximum Gasteiger partial charge on any atom is 0.262 e. The predicted molar refractivity (Wildman–Crippen MR) is 101 cm³/mol. The van der Waals surface area contributed by atoms with Crippen molar-refractivity contribution in [1.29, 1.82) is 0 Å². The minimum Gasteiger partial charge on any atom is -0.484 e. The van der Waals surface area contributed by atoms with Crippen LogP contribution < -0.4 is 10.1 Å². The monoisotopic (exact) mass is 355 g/mol. The molecule has 0 fully saturated rings. The molecule has 130 valence electrons. The Kier molecular flexibility index (Phi) is 4.72. The summed E-state index contributed by atoms with van der Waals surface area (Å²) in [4.78, 5) is 12.2. The summed E-state index contributed by atoms with van der Waals surface area (Å²) in [5.74, 6) is 0.455. The number of ether oxygens (including phenoxy) is 1. The predicted octanol–water partition coefficient (Wildman–Crippen LogP) is 4.31. The van der Waals surface area contributed by atoms with Gasteiger partial charge in [-0.3, -0.25) is 4.79 Å². The second kappa shape index (κ2) is 6.80. The molecule has 3 aromatic rings. The molecule has 0 atom stereocenters. The average molecular weight is 355 g/mol. The lowest BCUT2D eigenvalue weighted by Gasteiger charge is -2.19. The van der Waals surface area contributed by atoms with E-state index >= 15 is 0 Å². The zero-order chi connectivity index (χ0) is 18.0. The first-order chi connectivity index (χ1) is 11.8. The van der Waals surface area contributed by atoms with Gasteiger partial charge in [0.15, 0.2) is 6.61 Å². The van der Waals surface area contributed by atoms with E-state index in [1.54, 1.807) is 0 Å². The number of carbonyl (C=O) groups excluding carboxylic acids is 1. The van der Waals surface area contributed by atoms with Gasteiger partial charge in [0, 0.05) is 0 Å². The number of nitrogens with one attached hydrogen (secondary N) is 1. The fourth-order valence-corrected chi connectivity index (χ4v) is 3.03. The van der Waals surface area contributed by atoms with E-state index in [4.69, 9.17) is 4.74 Å². The van der Waals surface area contributed by atoms with E-state index in [9.17, 15) is 4.79 Å². The number of hydrogen-bond acceptors (Lipinski definition) is 5. The molecule has 1 amide bonds. The number of benzene rings is 2. The molecule has 0 aliphatic carbocycles. The van der Waals surface area contributed by atoms with Crippen molar-refractivity contribution in [3.8, 4) is 5.75 Å². The summed E-state index contributed by atoms with van der Waals surface area (Å²) in [6.45, 7) is 8.36. The highest BCUT2D eigenvalue weighted by atomic mass is 32.1. The molecule has 0 aliphatic heterocycles. The molecule has 0 spiro atoms. The van der Waals surface area contributed by atoms with Gasteiger partial charge in [0.2, 0.25) is 0 Å². The van der Waals surface area contributed by atoms with Gasteiger partial charge in [0.1, 0.15) is 16.8 Å². The van der Waals surface area contributed by atoms with Crippen molar-refractivity contribution in [3.63, 3.8) is 0 Å². The van der Waals surface area contributed by atoms with Crippen LogP contribution in [0.15, 0.2) is 36.4 Å². The van der Waals surface area contributed by atoms with Crippen LogP contribution in [0, 0.1) is 6.92 Å². The van der Waals surface area contributed by atoms with E-state index < -0.39 is 0 Å². The third-order valence-corrected chi connectivity index (χ3v) is 4.53. The van der Waals surface area contributed by atoms with E-state index in [1.165, 1.54) is 5.56 Å². The molecule has 2 aromatic carbocycles. The Labute approximate surface area is 151 Å². The number of carbonyl (C=O) groups is 1. The van der Waals surface area contributed by atoms with Gasteiger partial charge in [0.05, 0.1) is 17.4 Å². The summed E-state index contributed by atoms with van der Waals surface area (Å²) in [6, 6.07) is 11.7. The van der Waals surface area contributed by atoms with Crippen molar-refractivity contribution < 1.29 is 9.53 Å². The first-order valence-corrected chi connectivity index (χ1v) is 8.83. The summed E-state index contributed by atoms with van der Waals surface area (Å²) in [6.07, 6.45) is 0. The van der Waals surface area contributed by atoms with Crippen LogP contribution in [-0.4, -0.2) is 21.3 Å². The molecule has 1 aromatic heterocycles. The number of aryl methyl sites for hydroxylation is 1. The van der Waals surface area contributed by atoms with Crippen molar-refractivity contribution in [2.24, 2.45) is 0 Å². The zero-order valence-corrected chi connectivity index (χ0v) is 15.6. The number of rotatable bonds is 4. The van der Waals surface area contributed by atoms with E-state index in [-0.39, 0.29) is 17.9 Å². The van der Waals surface area contributed by atoms with Crippen molar-refractivity contribution in [1.82, 2.24) is 8.75 Å². The first kappa shape index (κ1) is 17.4. The van der Waals surface area contributed by atoms with E-state index in [0.717, 1.165) is 22.8 Å². The molecule has 0 saturated heterocycles. The molecule has 0 bridgehead atoms. The van der Waals surface area contributed by atoms with Crippen LogP contribution in [-0.2, 0) is 10.2 Å². The Morgan fingerprint density at radius 1 is 1.12 bits per heavy atom. The third kappa shape index (κ3) is 3.96. The van der Waals surface area contributed by atoms with Crippen molar-refractivity contribution in [2.45, 2.75) is 33.1 Å². The molecule has 1 N–H and O–H groups in total. The highest BCUT2D eigenvalue weighted by molar-refractivity contribution is 7.00. The molecular weight excluding hydrogens is 334 g/mol. The van der Waals surface area contributed by atoms with Crippen LogP contribution in [0.25, 0.3) is 11.0 Å². The van der Waals surface area contributed by atoms with E-state index in [1.807, 2.05) is 43.3 Å². The van der Waals surface area contributed by atoms with Crippen molar-refractivity contribution >= 4 is 34.4 Å². The standard InChI is InChI=1S/C19H21N3O2S/c1-12-5-10-15-18(22-25-21-15)17(12)20-16(23)11-24-14-8-6-13(7-9-14)19(2,3)4/h5-10H,11H2,1-4H3,(H,20,23). The minimum atomic E-state index is -0.219. The zero-order valence-electron chi connectivity index (χ0n) is 14.8. The molecule has 0 radical (unpaired) electrons. The second-order valence-electron chi connectivity index (χ2n) is 7.00. The lowest BCUT2D eigenvalue weighted by molar-refractivity contribution is -0.118. The summed E-state index contributed by atoms with van der Waals surface area (Å²) in [5, 5.41) is 2.89. The number of amides is 1. The minimum absolute atomic E-state index is 0.0533. The first-order valence-electron chi connectivity index (χ1n) is 8.09. The summed E-state index contributed by atoms with van der Waals surface area (Å²) in [7, 11) is 0. The highest BCUT2D eigenvalue weighted by Crippen LogP contribution is 2.26. The van der Waals surface area contributed by atoms with Crippen LogP contribution >= 0.6 is 11.7 Å². The summed E-state index contributed by atoms with van der Waals surface area (Å²) >= 11 is 1.13. The van der Waals surface area contributed by atoms with Crippen molar-refractivity contribution in [3.05, 3.63) is 47.5 Å². The molecule has 25 heavy (non-hydrogen) atoms. The van der Waals surface area contributed by atoms with Gasteiger partial charge in [-0.15, -0.1) is 0 Å². The van der Waals surface area contributed by atoms with Gasteiger partial charge < -0.3 is 10.1 Å². The largest absolute Gasteiger partial charge is 0.484 e. The molecule has 0 aliphatic rings. The van der Waals surface area contributed by atoms with Crippen LogP contribution in [0.2, 0.25) is 0 Å². The Balaban J connectivity index is 1.65. The number of fused-ring (bicyclic) bond motifs is 1. The number of hydrogen-bond donors (Lipinski definition) is 1. The van der Waals surface area contributed by atoms with Crippen LogP contribution in [0.4, 0.5) is 5.69 Å². The van der Waals surface area contributed by atoms with Gasteiger partial charge >= 0.3 is 0 Å². The van der Waals surface area contributed by atoms with Gasteiger partial charge in [-0.25, -0.2) is 0 Å². The van der Waals surface area contributed by atoms with E-state index in [2.05, 4.69) is 34.8 Å². The average Bonchev–Trinajstić information content (AvgIpc) is 3.04. The number of anilines is 1. The number of nitrogens with zero attached hydrogens (tertiary/aromatic N) is 2. The molecular formula is C19H21N3O2S. The molecule has 0 saturated carbocycles. The third-order valence-electron chi connectivity index (χ3n) is 3.99. The van der Waals surface area contributed by atoms with E-state index in [0.29, 0.717) is 17.0 Å². The maximum absolute atomic E-state index is 12.2. The van der Waals surface area contributed by atoms with Gasteiger partial charge in [-0.2, -0.15) is 8.75 Å². The lowest BCUT2D eigenvalue weighted by Crippen LogP contribution is -2.21. The lowest BCUT2D eigenvalue weighted by atomic mass is 9.87. The van der Waals surface area contributed by atoms with Crippen LogP contribution in [0.1, 0.15) is 31.9 Å². The SMILES string of the molecule is Cc1ccc2nsnc2c1NC(=O)COc1ccc(C(C)(C)C)cc1. The molecule has 0 unspecified atom stereocenters. The molecule has 6 heteroatoms. The van der Waals surface area contributed by atoms with Gasteiger partial charge in [-0.05, 0) is 41.7 Å². The highest BCUT2D eigenvalue weighted by Gasteiger charge is 2.14. The van der Waals surface area contributed by atoms with Gasteiger partial charge in [0.25, 0.3) is 5.91 Å². The fraction of sp³-hybridized carbons (Fsp3) is 0.316. The maximum atomic E-state index is 12.2. The Bertz CT molecular complexity index is 895. The normalized spacial score (nSPS) is 11.5. The second-order valence-corrected chi connectivity index (χ2v) is 7.53. The quantitative estimate of drug-likeness (QED) is 0.757. The topological polar surface area (TPSA) is 64.1 Å². The molecule has 3 rings (SSSR count). The fourth-order valence-electron chi connectivity index (χ4n) is 2.49. The summed E-state index contributed by atoms with van der Waals surface area (Å²) in [5.41, 5.74) is 4.46. The Morgan fingerprint density at radius 3 is 2.52 bits per heavy atom. The van der Waals surface area contributed by atoms with Gasteiger partial charge in [-0.1, -0.05) is 39.0 Å². The molecule has 1 heterocycles. The smallest absolute Gasteiger partial charge is 0.262 e. The summed E-state index contributed by atoms with van der Waals surface area (Å²) < 4.78 is 14.1. The van der Waals surface area contributed by atoms with Crippen LogP contribution in [0.3, 0.4) is 0 Å². The number of aromatic nitrogens is 2. The molecule has 5 nitrogen and oxygen atoms in total. The Morgan fingerprint density at radius 2 is 1.84 bits per heavy atom. The van der Waals surface area contributed by atoms with Crippen LogP contribution in [0.5, 0.6) is 5.75 Å². The van der Waals surface area contributed by atoms with Crippen molar-refractivity contribution in [2.75, 3.05) is 11.9 Å².